The quantitative estimate of drug-likeness (QED) is 0.811. The lowest BCUT2D eigenvalue weighted by atomic mass is 10.0. The Morgan fingerprint density at radius 2 is 1.54 bits per heavy atom. The van der Waals surface area contributed by atoms with Crippen molar-refractivity contribution >= 4 is 24.8 Å². The van der Waals surface area contributed by atoms with Crippen molar-refractivity contribution < 1.29 is 23.0 Å². The zero-order valence-electron chi connectivity index (χ0n) is 13.9. The van der Waals surface area contributed by atoms with Crippen molar-refractivity contribution in [3.05, 3.63) is 17.7 Å². The molecule has 9 heteroatoms. The van der Waals surface area contributed by atoms with Crippen molar-refractivity contribution in [2.24, 2.45) is 0 Å². The van der Waals surface area contributed by atoms with Crippen LogP contribution in [0.15, 0.2) is 12.1 Å². The van der Waals surface area contributed by atoms with E-state index in [0.717, 1.165) is 0 Å². The molecule has 140 valence electrons. The van der Waals surface area contributed by atoms with Crippen molar-refractivity contribution in [3.8, 4) is 17.2 Å². The molecule has 1 fully saturated rings. The van der Waals surface area contributed by atoms with E-state index in [0.29, 0.717) is 49.0 Å². The van der Waals surface area contributed by atoms with Gasteiger partial charge in [-0.05, 0) is 12.1 Å². The van der Waals surface area contributed by atoms with Gasteiger partial charge in [0.05, 0.1) is 21.3 Å². The van der Waals surface area contributed by atoms with E-state index in [1.165, 1.54) is 21.3 Å². The molecule has 1 aliphatic heterocycles. The lowest BCUT2D eigenvalue weighted by molar-refractivity contribution is 0.0168. The smallest absolute Gasteiger partial charge is 0.258 e. The summed E-state index contributed by atoms with van der Waals surface area (Å²) in [6, 6.07) is 2.23. The van der Waals surface area contributed by atoms with Gasteiger partial charge in [-0.25, -0.2) is 8.78 Å². The maximum Gasteiger partial charge on any atom is 0.258 e. The minimum Gasteiger partial charge on any atom is -0.493 e. The van der Waals surface area contributed by atoms with E-state index < -0.39 is 12.5 Å². The first kappa shape index (κ1) is 23.0. The molecule has 0 radical (unpaired) electrons. The first-order chi connectivity index (χ1) is 10.6. The van der Waals surface area contributed by atoms with Crippen LogP contribution >= 0.6 is 24.8 Å². The topological polar surface area (TPSA) is 43.0 Å². The summed E-state index contributed by atoms with van der Waals surface area (Å²) >= 11 is 0. The van der Waals surface area contributed by atoms with Crippen molar-refractivity contribution in [3.63, 3.8) is 0 Å². The van der Waals surface area contributed by atoms with Crippen molar-refractivity contribution in [1.82, 2.24) is 10.2 Å². The highest BCUT2D eigenvalue weighted by Gasteiger charge is 2.34. The lowest BCUT2D eigenvalue weighted by Gasteiger charge is -2.35. The van der Waals surface area contributed by atoms with Crippen LogP contribution in [0.3, 0.4) is 0 Å². The maximum absolute atomic E-state index is 13.7. The number of ether oxygens (including phenoxy) is 3. The van der Waals surface area contributed by atoms with Gasteiger partial charge in [-0.15, -0.1) is 24.8 Å². The van der Waals surface area contributed by atoms with Gasteiger partial charge >= 0.3 is 0 Å². The number of rotatable bonds is 6. The second kappa shape index (κ2) is 10.8. The first-order valence-electron chi connectivity index (χ1n) is 7.15. The van der Waals surface area contributed by atoms with E-state index in [4.69, 9.17) is 14.2 Å². The van der Waals surface area contributed by atoms with E-state index in [9.17, 15) is 8.78 Å². The average Bonchev–Trinajstić information content (AvgIpc) is 2.55. The molecular formula is C15H24Cl2F2N2O3. The van der Waals surface area contributed by atoms with Gasteiger partial charge in [0.25, 0.3) is 6.43 Å². The Kier molecular flexibility index (Phi) is 10.3. The molecule has 0 aliphatic carbocycles. The van der Waals surface area contributed by atoms with Crippen LogP contribution in [0.25, 0.3) is 0 Å². The van der Waals surface area contributed by atoms with E-state index in [-0.39, 0.29) is 24.8 Å². The first-order valence-corrected chi connectivity index (χ1v) is 7.15. The van der Waals surface area contributed by atoms with Gasteiger partial charge in [-0.2, -0.15) is 0 Å². The van der Waals surface area contributed by atoms with Crippen molar-refractivity contribution in [1.29, 1.82) is 0 Å². The molecule has 0 bridgehead atoms. The summed E-state index contributed by atoms with van der Waals surface area (Å²) in [5, 5.41) is 3.17. The number of halogens is 4. The fraction of sp³-hybridized carbons (Fsp3) is 0.600. The SMILES string of the molecule is COc1ccc([C@@H](C(F)F)N2CCNCC2)c(OC)c1OC.Cl.Cl. The zero-order valence-corrected chi connectivity index (χ0v) is 15.5. The molecule has 0 saturated carbocycles. The number of nitrogens with zero attached hydrogens (tertiary/aromatic N) is 1. The number of hydrogen-bond acceptors (Lipinski definition) is 5. The molecule has 1 saturated heterocycles. The third-order valence-electron chi connectivity index (χ3n) is 3.84. The van der Waals surface area contributed by atoms with E-state index in [1.54, 1.807) is 17.0 Å². The highest BCUT2D eigenvalue weighted by molar-refractivity contribution is 5.85. The Hall–Kier alpha value is -1.02. The normalized spacial score (nSPS) is 15.9. The molecule has 0 spiro atoms. The van der Waals surface area contributed by atoms with Crippen LogP contribution in [0.2, 0.25) is 0 Å². The molecule has 0 aromatic heterocycles. The van der Waals surface area contributed by atoms with Crippen molar-refractivity contribution in [2.45, 2.75) is 12.5 Å². The lowest BCUT2D eigenvalue weighted by Crippen LogP contribution is -2.47. The largest absolute Gasteiger partial charge is 0.493 e. The predicted octanol–water partition coefficient (Wildman–Crippen LogP) is 2.77. The molecule has 1 aromatic rings. The van der Waals surface area contributed by atoms with Gasteiger partial charge in [-0.3, -0.25) is 4.90 Å². The van der Waals surface area contributed by atoms with Crippen LogP contribution < -0.4 is 19.5 Å². The fourth-order valence-corrected chi connectivity index (χ4v) is 2.81. The summed E-state index contributed by atoms with van der Waals surface area (Å²) < 4.78 is 43.3. The second-order valence-corrected chi connectivity index (χ2v) is 4.99. The number of methoxy groups -OCH3 is 3. The van der Waals surface area contributed by atoms with E-state index in [2.05, 4.69) is 5.32 Å². The molecule has 24 heavy (non-hydrogen) atoms. The minimum atomic E-state index is -2.52. The van der Waals surface area contributed by atoms with Gasteiger partial charge in [-0.1, -0.05) is 0 Å². The third-order valence-corrected chi connectivity index (χ3v) is 3.84. The molecule has 2 rings (SSSR count). The zero-order chi connectivity index (χ0) is 16.1. The molecule has 0 unspecified atom stereocenters. The molecule has 1 aromatic carbocycles. The van der Waals surface area contributed by atoms with Crippen molar-refractivity contribution in [2.75, 3.05) is 47.5 Å². The third kappa shape index (κ3) is 4.75. The Balaban J connectivity index is 0.00000264. The summed E-state index contributed by atoms with van der Waals surface area (Å²) in [7, 11) is 4.41. The molecule has 1 aliphatic rings. The highest BCUT2D eigenvalue weighted by Crippen LogP contribution is 2.44. The summed E-state index contributed by atoms with van der Waals surface area (Å²) in [4.78, 5) is 1.77. The minimum absolute atomic E-state index is 0. The molecule has 1 atom stereocenters. The Labute approximate surface area is 153 Å². The van der Waals surface area contributed by atoms with E-state index >= 15 is 0 Å². The monoisotopic (exact) mass is 388 g/mol. The fourth-order valence-electron chi connectivity index (χ4n) is 2.81. The number of benzene rings is 1. The Morgan fingerprint density at radius 1 is 0.958 bits per heavy atom. The molecule has 0 amide bonds. The Morgan fingerprint density at radius 3 is 2.00 bits per heavy atom. The summed E-state index contributed by atoms with van der Waals surface area (Å²) in [6.45, 7) is 2.51. The molecule has 1 heterocycles. The number of hydrogen-bond donors (Lipinski definition) is 1. The van der Waals surface area contributed by atoms with Gasteiger partial charge < -0.3 is 19.5 Å². The number of nitrogens with one attached hydrogen (secondary N) is 1. The van der Waals surface area contributed by atoms with Crippen LogP contribution in [0.5, 0.6) is 17.2 Å². The number of piperazine rings is 1. The van der Waals surface area contributed by atoms with Crippen LogP contribution in [0.4, 0.5) is 8.78 Å². The van der Waals surface area contributed by atoms with Gasteiger partial charge in [0, 0.05) is 31.7 Å². The summed E-state index contributed by atoms with van der Waals surface area (Å²) in [6.07, 6.45) is -2.52. The van der Waals surface area contributed by atoms with Gasteiger partial charge in [0.1, 0.15) is 6.04 Å². The summed E-state index contributed by atoms with van der Waals surface area (Å²) in [5.74, 6) is 1.09. The molecular weight excluding hydrogens is 365 g/mol. The Bertz CT molecular complexity index is 504. The van der Waals surface area contributed by atoms with Crippen LogP contribution in [0.1, 0.15) is 11.6 Å². The van der Waals surface area contributed by atoms with Crippen LogP contribution in [-0.4, -0.2) is 58.8 Å². The highest BCUT2D eigenvalue weighted by atomic mass is 35.5. The molecule has 5 nitrogen and oxygen atoms in total. The predicted molar refractivity (Wildman–Crippen MR) is 93.8 cm³/mol. The van der Waals surface area contributed by atoms with Crippen LogP contribution in [-0.2, 0) is 0 Å². The number of alkyl halides is 2. The van der Waals surface area contributed by atoms with Gasteiger partial charge in [0.2, 0.25) is 5.75 Å². The summed E-state index contributed by atoms with van der Waals surface area (Å²) in [5.41, 5.74) is 0.414. The molecule has 1 N–H and O–H groups in total. The second-order valence-electron chi connectivity index (χ2n) is 4.99. The standard InChI is InChI=1S/C15H22F2N2O3.2ClH/c1-20-11-5-4-10(13(21-2)14(11)22-3)12(15(16)17)19-8-6-18-7-9-19;;/h4-5,12,15,18H,6-9H2,1-3H3;2*1H/t12-;;/m0../s1. The van der Waals surface area contributed by atoms with Gasteiger partial charge in [0.15, 0.2) is 11.5 Å². The van der Waals surface area contributed by atoms with E-state index in [1.807, 2.05) is 0 Å². The maximum atomic E-state index is 13.7. The average molecular weight is 389 g/mol. The van der Waals surface area contributed by atoms with Crippen LogP contribution in [0, 0.1) is 0 Å².